The van der Waals surface area contributed by atoms with Crippen molar-refractivity contribution in [3.05, 3.63) is 27.8 Å². The summed E-state index contributed by atoms with van der Waals surface area (Å²) in [6.07, 6.45) is 5.10. The number of carbonyl (C=O) groups excluding carboxylic acids is 1. The van der Waals surface area contributed by atoms with Crippen molar-refractivity contribution in [2.24, 2.45) is 17.6 Å². The maximum absolute atomic E-state index is 12.8. The molecule has 2 atom stereocenters. The lowest BCUT2D eigenvalue weighted by molar-refractivity contribution is -0.385. The van der Waals surface area contributed by atoms with Crippen molar-refractivity contribution in [1.29, 1.82) is 0 Å². The number of rotatable bonds is 5. The fourth-order valence-electron chi connectivity index (χ4n) is 4.47. The summed E-state index contributed by atoms with van der Waals surface area (Å²) in [7, 11) is 2.72. The van der Waals surface area contributed by atoms with E-state index >= 15 is 0 Å². The van der Waals surface area contributed by atoms with Crippen LogP contribution in [0.1, 0.15) is 42.5 Å². The molecule has 0 spiro atoms. The summed E-state index contributed by atoms with van der Waals surface area (Å²) in [5.74, 6) is 0.590. The molecule has 2 saturated carbocycles. The van der Waals surface area contributed by atoms with Crippen molar-refractivity contribution in [1.82, 2.24) is 5.32 Å². The van der Waals surface area contributed by atoms with Gasteiger partial charge in [0.05, 0.1) is 24.7 Å². The van der Waals surface area contributed by atoms with E-state index in [4.69, 9.17) is 15.2 Å². The summed E-state index contributed by atoms with van der Waals surface area (Å²) >= 11 is 0. The van der Waals surface area contributed by atoms with Crippen LogP contribution >= 0.6 is 12.4 Å². The van der Waals surface area contributed by atoms with E-state index in [0.29, 0.717) is 11.8 Å². The average molecular weight is 400 g/mol. The van der Waals surface area contributed by atoms with E-state index in [1.165, 1.54) is 26.4 Å². The first-order chi connectivity index (χ1) is 12.4. The molecule has 1 amide bonds. The molecule has 9 heteroatoms. The summed E-state index contributed by atoms with van der Waals surface area (Å²) < 4.78 is 10.2. The van der Waals surface area contributed by atoms with Crippen LogP contribution in [0.2, 0.25) is 0 Å². The Labute approximate surface area is 164 Å². The Morgan fingerprint density at radius 3 is 2.37 bits per heavy atom. The molecule has 2 bridgehead atoms. The predicted octanol–water partition coefficient (Wildman–Crippen LogP) is 2.67. The van der Waals surface area contributed by atoms with Crippen molar-refractivity contribution in [3.8, 4) is 11.5 Å². The zero-order valence-corrected chi connectivity index (χ0v) is 16.3. The molecule has 3 rings (SSSR count). The molecule has 1 aromatic carbocycles. The van der Waals surface area contributed by atoms with Crippen molar-refractivity contribution in [2.75, 3.05) is 14.2 Å². The number of hydrogen-bond acceptors (Lipinski definition) is 6. The molecule has 1 aromatic rings. The molecule has 27 heavy (non-hydrogen) atoms. The van der Waals surface area contributed by atoms with Crippen LogP contribution in [0.25, 0.3) is 0 Å². The molecular weight excluding hydrogens is 374 g/mol. The standard InChI is InChI=1S/C18H25N3O5.ClH/c1-25-15-9-12(8-14(21(23)24)17(15)26-2)18(22)20-16-10-4-3-5-11(16)7-13(19)6-10;/h8-11,13,16H,3-7,19H2,1-2H3,(H,20,22);1H. The van der Waals surface area contributed by atoms with Crippen molar-refractivity contribution < 1.29 is 19.2 Å². The number of nitrogens with zero attached hydrogens (tertiary/aromatic N) is 1. The van der Waals surface area contributed by atoms with E-state index in [9.17, 15) is 14.9 Å². The van der Waals surface area contributed by atoms with E-state index in [1.807, 2.05) is 0 Å². The SMILES string of the molecule is COc1cc(C(=O)NC2C3CCCC2CC(N)C3)cc([N+](=O)[O-])c1OC.Cl. The summed E-state index contributed by atoms with van der Waals surface area (Å²) in [6.45, 7) is 0. The van der Waals surface area contributed by atoms with Gasteiger partial charge in [-0.25, -0.2) is 0 Å². The van der Waals surface area contributed by atoms with Gasteiger partial charge in [0, 0.05) is 18.2 Å². The highest BCUT2D eigenvalue weighted by Crippen LogP contribution is 2.41. The molecule has 2 fully saturated rings. The summed E-state index contributed by atoms with van der Waals surface area (Å²) in [6, 6.07) is 2.98. The van der Waals surface area contributed by atoms with Gasteiger partial charge in [0.15, 0.2) is 5.75 Å². The highest BCUT2D eigenvalue weighted by molar-refractivity contribution is 5.96. The minimum Gasteiger partial charge on any atom is -0.493 e. The van der Waals surface area contributed by atoms with Gasteiger partial charge in [-0.3, -0.25) is 14.9 Å². The maximum Gasteiger partial charge on any atom is 0.315 e. The lowest BCUT2D eigenvalue weighted by Gasteiger charge is -2.45. The maximum atomic E-state index is 12.8. The van der Waals surface area contributed by atoms with E-state index in [2.05, 4.69) is 5.32 Å². The smallest absolute Gasteiger partial charge is 0.315 e. The number of benzene rings is 1. The second-order valence-corrected chi connectivity index (χ2v) is 7.17. The summed E-state index contributed by atoms with van der Waals surface area (Å²) in [5, 5.41) is 14.4. The first-order valence-corrected chi connectivity index (χ1v) is 8.91. The monoisotopic (exact) mass is 399 g/mol. The van der Waals surface area contributed by atoms with Gasteiger partial charge in [0.25, 0.3) is 5.91 Å². The topological polar surface area (TPSA) is 117 Å². The van der Waals surface area contributed by atoms with E-state index in [1.54, 1.807) is 0 Å². The van der Waals surface area contributed by atoms with Crippen LogP contribution in [0.5, 0.6) is 11.5 Å². The molecule has 3 N–H and O–H groups in total. The third-order valence-corrected chi connectivity index (χ3v) is 5.59. The molecule has 0 radical (unpaired) electrons. The lowest BCUT2D eigenvalue weighted by Crippen LogP contribution is -2.53. The molecule has 8 nitrogen and oxygen atoms in total. The highest BCUT2D eigenvalue weighted by atomic mass is 35.5. The fraction of sp³-hybridized carbons (Fsp3) is 0.611. The van der Waals surface area contributed by atoms with Crippen molar-refractivity contribution >= 4 is 24.0 Å². The van der Waals surface area contributed by atoms with Gasteiger partial charge < -0.3 is 20.5 Å². The van der Waals surface area contributed by atoms with Crippen LogP contribution in [0.4, 0.5) is 5.69 Å². The van der Waals surface area contributed by atoms with Gasteiger partial charge in [0.1, 0.15) is 0 Å². The second-order valence-electron chi connectivity index (χ2n) is 7.17. The van der Waals surface area contributed by atoms with Crippen molar-refractivity contribution in [3.63, 3.8) is 0 Å². The molecule has 2 unspecified atom stereocenters. The van der Waals surface area contributed by atoms with E-state index in [-0.39, 0.29) is 53.1 Å². The second kappa shape index (κ2) is 8.75. The van der Waals surface area contributed by atoms with Crippen LogP contribution < -0.4 is 20.5 Å². The summed E-state index contributed by atoms with van der Waals surface area (Å²) in [4.78, 5) is 23.6. The number of fused-ring (bicyclic) bond motifs is 2. The molecule has 0 aromatic heterocycles. The number of ether oxygens (including phenoxy) is 2. The van der Waals surface area contributed by atoms with Gasteiger partial charge in [-0.15, -0.1) is 12.4 Å². The molecule has 0 aliphatic heterocycles. The number of nitrogens with one attached hydrogen (secondary N) is 1. The fourth-order valence-corrected chi connectivity index (χ4v) is 4.47. The Hall–Kier alpha value is -2.06. The van der Waals surface area contributed by atoms with Crippen molar-refractivity contribution in [2.45, 2.75) is 44.2 Å². The molecule has 150 valence electrons. The predicted molar refractivity (Wildman–Crippen MR) is 103 cm³/mol. The minimum absolute atomic E-state index is 0. The number of nitro benzene ring substituents is 1. The molecule has 0 heterocycles. The Morgan fingerprint density at radius 2 is 1.85 bits per heavy atom. The largest absolute Gasteiger partial charge is 0.493 e. The minimum atomic E-state index is -0.577. The Kier molecular flexibility index (Phi) is 6.89. The number of carbonyl (C=O) groups is 1. The van der Waals surface area contributed by atoms with Gasteiger partial charge in [-0.1, -0.05) is 6.42 Å². The first-order valence-electron chi connectivity index (χ1n) is 8.91. The lowest BCUT2D eigenvalue weighted by atomic mass is 9.67. The number of amides is 1. The summed E-state index contributed by atoms with van der Waals surface area (Å²) in [5.41, 5.74) is 6.04. The number of methoxy groups -OCH3 is 2. The van der Waals surface area contributed by atoms with Crippen LogP contribution in [-0.2, 0) is 0 Å². The molecular formula is C18H26ClN3O5. The first kappa shape index (κ1) is 21.2. The van der Waals surface area contributed by atoms with Gasteiger partial charge >= 0.3 is 5.69 Å². The highest BCUT2D eigenvalue weighted by Gasteiger charge is 2.40. The van der Waals surface area contributed by atoms with Gasteiger partial charge in [-0.2, -0.15) is 0 Å². The molecule has 2 aliphatic rings. The Balaban J connectivity index is 0.00000261. The molecule has 0 saturated heterocycles. The Bertz CT molecular complexity index is 700. The zero-order chi connectivity index (χ0) is 18.8. The van der Waals surface area contributed by atoms with Crippen LogP contribution in [-0.4, -0.2) is 37.1 Å². The molecule has 2 aliphatic carbocycles. The third-order valence-electron chi connectivity index (χ3n) is 5.59. The number of nitrogens with two attached hydrogens (primary N) is 1. The third kappa shape index (κ3) is 4.27. The number of halogens is 1. The van der Waals surface area contributed by atoms with E-state index in [0.717, 1.165) is 32.1 Å². The van der Waals surface area contributed by atoms with E-state index < -0.39 is 4.92 Å². The van der Waals surface area contributed by atoms with Crippen LogP contribution in [0.3, 0.4) is 0 Å². The quantitative estimate of drug-likeness (QED) is 0.580. The van der Waals surface area contributed by atoms with Gasteiger partial charge in [0.2, 0.25) is 5.75 Å². The Morgan fingerprint density at radius 1 is 1.22 bits per heavy atom. The van der Waals surface area contributed by atoms with Crippen LogP contribution in [0.15, 0.2) is 12.1 Å². The normalized spacial score (nSPS) is 26.5. The number of hydrogen-bond donors (Lipinski definition) is 2. The van der Waals surface area contributed by atoms with Gasteiger partial charge in [-0.05, 0) is 43.6 Å². The van der Waals surface area contributed by atoms with Crippen LogP contribution in [0, 0.1) is 22.0 Å². The average Bonchev–Trinajstić information content (AvgIpc) is 2.60. The number of nitro groups is 1. The zero-order valence-electron chi connectivity index (χ0n) is 15.5.